The van der Waals surface area contributed by atoms with Crippen LogP contribution in [0.5, 0.6) is 5.75 Å². The minimum atomic E-state index is -4.45. The first-order chi connectivity index (χ1) is 14.1. The third kappa shape index (κ3) is 6.14. The number of benzene rings is 2. The monoisotopic (exact) mass is 440 g/mol. The molecule has 1 saturated heterocycles. The van der Waals surface area contributed by atoms with Crippen LogP contribution in [-0.2, 0) is 24.1 Å². The summed E-state index contributed by atoms with van der Waals surface area (Å²) < 4.78 is 60.3. The van der Waals surface area contributed by atoms with Crippen LogP contribution < -0.4 is 9.46 Å². The van der Waals surface area contributed by atoms with E-state index in [1.165, 1.54) is 6.07 Å². The zero-order valence-corrected chi connectivity index (χ0v) is 18.1. The molecule has 3 rings (SSSR count). The zero-order chi connectivity index (χ0) is 21.9. The van der Waals surface area contributed by atoms with E-state index in [9.17, 15) is 17.7 Å². The van der Waals surface area contributed by atoms with Gasteiger partial charge in [-0.3, -0.25) is 4.90 Å². The summed E-state index contributed by atoms with van der Waals surface area (Å²) in [7, 11) is 0. The first-order valence-corrected chi connectivity index (χ1v) is 11.1. The second-order valence-corrected chi connectivity index (χ2v) is 9.11. The van der Waals surface area contributed by atoms with E-state index >= 15 is 0 Å². The number of hydrogen-bond acceptors (Lipinski definition) is 4. The minimum Gasteiger partial charge on any atom is -0.593 e. The lowest BCUT2D eigenvalue weighted by molar-refractivity contribution is -0.137. The average Bonchev–Trinajstić information content (AvgIpc) is 3.09. The van der Waals surface area contributed by atoms with Gasteiger partial charge in [-0.25, -0.2) is 0 Å². The maximum Gasteiger partial charge on any atom is 0.416 e. The Hall–Kier alpha value is -1.74. The Bertz CT molecular complexity index is 843. The number of rotatable bonds is 7. The van der Waals surface area contributed by atoms with Crippen molar-refractivity contribution >= 4 is 11.4 Å². The van der Waals surface area contributed by atoms with Crippen molar-refractivity contribution in [1.82, 2.24) is 9.62 Å². The molecule has 1 fully saturated rings. The highest BCUT2D eigenvalue weighted by molar-refractivity contribution is 7.89. The predicted molar refractivity (Wildman–Crippen MR) is 112 cm³/mol. The van der Waals surface area contributed by atoms with Crippen molar-refractivity contribution in [2.24, 2.45) is 0 Å². The second-order valence-electron chi connectivity index (χ2n) is 7.90. The molecule has 0 bridgehead atoms. The van der Waals surface area contributed by atoms with Gasteiger partial charge in [-0.1, -0.05) is 18.2 Å². The Labute approximate surface area is 178 Å². The average molecular weight is 441 g/mol. The standard InChI is InChI=1S/C22H27F3N2O2S/c1-15(2)29-20-8-5-17(6-9-20)13-27-11-10-19(14-27)26-30(28)21-12-18(22(23,24)25)7-4-16(21)3/h4-9,12,15,19,26H,10-11,13-14H2,1-3H3/t19-,30+/m1/s1. The molecule has 1 N–H and O–H groups in total. The largest absolute Gasteiger partial charge is 0.593 e. The van der Waals surface area contributed by atoms with Crippen molar-refractivity contribution in [1.29, 1.82) is 0 Å². The van der Waals surface area contributed by atoms with Gasteiger partial charge in [-0.15, -0.1) is 4.72 Å². The van der Waals surface area contributed by atoms with E-state index in [2.05, 4.69) is 9.62 Å². The highest BCUT2D eigenvalue weighted by Gasteiger charge is 2.33. The van der Waals surface area contributed by atoms with Gasteiger partial charge in [-0.05, 0) is 51.0 Å². The molecule has 0 aromatic heterocycles. The molecule has 0 unspecified atom stereocenters. The van der Waals surface area contributed by atoms with Gasteiger partial charge in [0.25, 0.3) is 0 Å². The number of hydrogen-bond donors (Lipinski definition) is 1. The maximum atomic E-state index is 13.0. The first kappa shape index (κ1) is 22.9. The van der Waals surface area contributed by atoms with Crippen LogP contribution in [0.1, 0.15) is 37.0 Å². The molecular formula is C22H27F3N2O2S. The Morgan fingerprint density at radius 1 is 1.20 bits per heavy atom. The van der Waals surface area contributed by atoms with E-state index < -0.39 is 23.1 Å². The Morgan fingerprint density at radius 3 is 2.53 bits per heavy atom. The summed E-state index contributed by atoms with van der Waals surface area (Å²) in [5.41, 5.74) is 0.949. The van der Waals surface area contributed by atoms with Gasteiger partial charge in [-0.2, -0.15) is 13.2 Å². The van der Waals surface area contributed by atoms with Crippen LogP contribution in [0.4, 0.5) is 13.2 Å². The number of halogens is 3. The van der Waals surface area contributed by atoms with E-state index in [0.717, 1.165) is 43.0 Å². The molecule has 0 aliphatic carbocycles. The van der Waals surface area contributed by atoms with Crippen LogP contribution >= 0.6 is 0 Å². The molecular weight excluding hydrogens is 413 g/mol. The smallest absolute Gasteiger partial charge is 0.416 e. The summed E-state index contributed by atoms with van der Waals surface area (Å²) in [5, 5.41) is 0. The molecule has 1 heterocycles. The van der Waals surface area contributed by atoms with Gasteiger partial charge >= 0.3 is 6.18 Å². The summed E-state index contributed by atoms with van der Waals surface area (Å²) in [6, 6.07) is 11.3. The fourth-order valence-corrected chi connectivity index (χ4v) is 4.68. The molecule has 30 heavy (non-hydrogen) atoms. The summed E-state index contributed by atoms with van der Waals surface area (Å²) in [5.74, 6) is 0.835. The molecule has 8 heteroatoms. The topological polar surface area (TPSA) is 47.6 Å². The van der Waals surface area contributed by atoms with Crippen molar-refractivity contribution in [3.63, 3.8) is 0 Å². The maximum absolute atomic E-state index is 13.0. The molecule has 0 saturated carbocycles. The Balaban J connectivity index is 1.56. The van der Waals surface area contributed by atoms with Crippen LogP contribution in [-0.4, -0.2) is 34.7 Å². The Morgan fingerprint density at radius 2 is 1.90 bits per heavy atom. The van der Waals surface area contributed by atoms with E-state index in [4.69, 9.17) is 4.74 Å². The van der Waals surface area contributed by atoms with Gasteiger partial charge in [0.05, 0.1) is 29.1 Å². The van der Waals surface area contributed by atoms with Gasteiger partial charge in [0.1, 0.15) is 5.75 Å². The summed E-state index contributed by atoms with van der Waals surface area (Å²) in [4.78, 5) is 2.43. The predicted octanol–water partition coefficient (Wildman–Crippen LogP) is 4.69. The van der Waals surface area contributed by atoms with E-state index in [-0.39, 0.29) is 17.0 Å². The van der Waals surface area contributed by atoms with Crippen molar-refractivity contribution < 1.29 is 22.5 Å². The number of likely N-dealkylation sites (tertiary alicyclic amines) is 1. The first-order valence-electron chi connectivity index (χ1n) is 9.95. The number of nitrogens with zero attached hydrogens (tertiary/aromatic N) is 1. The number of nitrogens with one attached hydrogen (secondary N) is 1. The summed E-state index contributed by atoms with van der Waals surface area (Å²) >= 11 is -1.69. The van der Waals surface area contributed by atoms with Crippen LogP contribution in [0.15, 0.2) is 47.4 Å². The second kappa shape index (κ2) is 9.60. The van der Waals surface area contributed by atoms with Crippen LogP contribution in [0.3, 0.4) is 0 Å². The lowest BCUT2D eigenvalue weighted by Gasteiger charge is -2.19. The third-order valence-electron chi connectivity index (χ3n) is 4.96. The van der Waals surface area contributed by atoms with Crippen molar-refractivity contribution in [2.75, 3.05) is 13.1 Å². The van der Waals surface area contributed by atoms with Gasteiger partial charge < -0.3 is 9.29 Å². The van der Waals surface area contributed by atoms with Crippen molar-refractivity contribution in [3.8, 4) is 5.75 Å². The van der Waals surface area contributed by atoms with E-state index in [1.807, 2.05) is 38.1 Å². The normalized spacial score (nSPS) is 18.7. The lowest BCUT2D eigenvalue weighted by Crippen LogP contribution is -2.37. The molecule has 2 atom stereocenters. The molecule has 2 aromatic carbocycles. The summed E-state index contributed by atoms with van der Waals surface area (Å²) in [6.07, 6.45) is -3.53. The fourth-order valence-electron chi connectivity index (χ4n) is 3.47. The number of alkyl halides is 3. The molecule has 0 spiro atoms. The van der Waals surface area contributed by atoms with Crippen molar-refractivity contribution in [3.05, 3.63) is 59.2 Å². The van der Waals surface area contributed by atoms with E-state index in [0.29, 0.717) is 12.1 Å². The zero-order valence-electron chi connectivity index (χ0n) is 17.3. The minimum absolute atomic E-state index is 0.0386. The van der Waals surface area contributed by atoms with Gasteiger partial charge in [0.15, 0.2) is 4.90 Å². The van der Waals surface area contributed by atoms with Crippen LogP contribution in [0, 0.1) is 6.92 Å². The highest BCUT2D eigenvalue weighted by atomic mass is 32.2. The van der Waals surface area contributed by atoms with Crippen LogP contribution in [0.25, 0.3) is 0 Å². The van der Waals surface area contributed by atoms with Crippen molar-refractivity contribution in [2.45, 2.75) is 57.0 Å². The van der Waals surface area contributed by atoms with Crippen LogP contribution in [0.2, 0.25) is 0 Å². The molecule has 1 aliphatic heterocycles. The van der Waals surface area contributed by atoms with Gasteiger partial charge in [0, 0.05) is 31.3 Å². The molecule has 1 aliphatic rings. The number of aryl methyl sites for hydroxylation is 1. The molecule has 2 aromatic rings. The lowest BCUT2D eigenvalue weighted by atomic mass is 10.1. The quantitative estimate of drug-likeness (QED) is 0.635. The fraction of sp³-hybridized carbons (Fsp3) is 0.455. The number of ether oxygens (including phenoxy) is 1. The molecule has 0 radical (unpaired) electrons. The van der Waals surface area contributed by atoms with Gasteiger partial charge in [0.2, 0.25) is 0 Å². The Kier molecular flexibility index (Phi) is 7.34. The SMILES string of the molecule is Cc1ccc(C(F)(F)F)cc1[S@+]([O-])N[C@@H]1CCN(Cc2ccc(OC(C)C)cc2)C1. The molecule has 164 valence electrons. The third-order valence-corrected chi connectivity index (χ3v) is 6.35. The summed E-state index contributed by atoms with van der Waals surface area (Å²) in [6.45, 7) is 7.92. The van der Waals surface area contributed by atoms with E-state index in [1.54, 1.807) is 6.92 Å². The molecule has 4 nitrogen and oxygen atoms in total. The molecule has 0 amide bonds. The highest BCUT2D eigenvalue weighted by Crippen LogP contribution is 2.32.